The van der Waals surface area contributed by atoms with E-state index in [4.69, 9.17) is 9.47 Å². The van der Waals surface area contributed by atoms with Gasteiger partial charge in [0.2, 0.25) is 5.91 Å². The molecule has 0 radical (unpaired) electrons. The Labute approximate surface area is 165 Å². The number of hydrogen-bond acceptors (Lipinski definition) is 5. The number of benzene rings is 1. The van der Waals surface area contributed by atoms with Crippen molar-refractivity contribution in [2.24, 2.45) is 5.92 Å². The summed E-state index contributed by atoms with van der Waals surface area (Å²) in [6, 6.07) is 4.99. The fourth-order valence-corrected chi connectivity index (χ4v) is 4.16. The fraction of sp³-hybridized carbons (Fsp3) is 0.545. The summed E-state index contributed by atoms with van der Waals surface area (Å²) in [6.45, 7) is 2.33. The molecule has 28 heavy (non-hydrogen) atoms. The van der Waals surface area contributed by atoms with Crippen LogP contribution in [0.2, 0.25) is 0 Å². The van der Waals surface area contributed by atoms with E-state index in [1.165, 1.54) is 26.4 Å². The maximum absolute atomic E-state index is 13.0. The van der Waals surface area contributed by atoms with E-state index in [-0.39, 0.29) is 24.0 Å². The maximum Gasteiger partial charge on any atom is 0.336 e. The van der Waals surface area contributed by atoms with Gasteiger partial charge in [-0.2, -0.15) is 0 Å². The van der Waals surface area contributed by atoms with Gasteiger partial charge in [0, 0.05) is 18.0 Å². The molecule has 0 bridgehead atoms. The van der Waals surface area contributed by atoms with E-state index >= 15 is 0 Å². The van der Waals surface area contributed by atoms with Gasteiger partial charge < -0.3 is 19.9 Å². The van der Waals surface area contributed by atoms with Crippen molar-refractivity contribution in [1.82, 2.24) is 5.32 Å². The molecule has 1 amide bonds. The highest BCUT2D eigenvalue weighted by molar-refractivity contribution is 5.96. The first-order valence-electron chi connectivity index (χ1n) is 10.1. The standard InChI is InChI=1S/C22H29NO5/c1-3-17-21(22(26)28-13-14-7-5-4-6-8-14)16(12-20(25)23-17)15-9-10-19(27-2)18(24)11-15/h9-11,14,16,24H,3-8,12-13H2,1-2H3,(H,23,25). The second kappa shape index (κ2) is 9.13. The number of nitrogens with one attached hydrogen (secondary N) is 1. The van der Waals surface area contributed by atoms with Gasteiger partial charge in [0.15, 0.2) is 11.5 Å². The molecular weight excluding hydrogens is 358 g/mol. The van der Waals surface area contributed by atoms with Crippen molar-refractivity contribution in [3.8, 4) is 11.5 Å². The molecule has 3 rings (SSSR count). The SMILES string of the molecule is CCC1=C(C(=O)OCC2CCCCC2)C(c2ccc(OC)c(O)c2)CC(=O)N1. The molecule has 1 fully saturated rings. The average molecular weight is 387 g/mol. The molecule has 2 aliphatic rings. The molecule has 1 aliphatic carbocycles. The molecule has 1 aliphatic heterocycles. The number of aromatic hydroxyl groups is 1. The van der Waals surface area contributed by atoms with E-state index in [0.29, 0.717) is 41.5 Å². The summed E-state index contributed by atoms with van der Waals surface area (Å²) in [5.74, 6) is -0.197. The molecule has 0 aromatic heterocycles. The second-order valence-corrected chi connectivity index (χ2v) is 7.58. The minimum Gasteiger partial charge on any atom is -0.504 e. The van der Waals surface area contributed by atoms with Crippen LogP contribution in [0, 0.1) is 5.92 Å². The third-order valence-corrected chi connectivity index (χ3v) is 5.71. The Morgan fingerprint density at radius 3 is 2.64 bits per heavy atom. The molecule has 6 nitrogen and oxygen atoms in total. The lowest BCUT2D eigenvalue weighted by Gasteiger charge is -2.29. The van der Waals surface area contributed by atoms with Crippen LogP contribution in [0.5, 0.6) is 11.5 Å². The number of rotatable bonds is 6. The topological polar surface area (TPSA) is 84.9 Å². The number of carbonyl (C=O) groups is 2. The quantitative estimate of drug-likeness (QED) is 0.726. The van der Waals surface area contributed by atoms with Crippen LogP contribution >= 0.6 is 0 Å². The molecule has 1 heterocycles. The van der Waals surface area contributed by atoms with Crippen LogP contribution in [0.1, 0.15) is 63.4 Å². The normalized spacial score (nSPS) is 20.6. The summed E-state index contributed by atoms with van der Waals surface area (Å²) in [5.41, 5.74) is 1.79. The third kappa shape index (κ3) is 4.49. The number of phenolic OH excluding ortho intramolecular Hbond substituents is 1. The van der Waals surface area contributed by atoms with Crippen LogP contribution in [0.25, 0.3) is 0 Å². The first-order chi connectivity index (χ1) is 13.5. The van der Waals surface area contributed by atoms with Gasteiger partial charge in [0.25, 0.3) is 0 Å². The molecule has 1 aromatic rings. The van der Waals surface area contributed by atoms with E-state index in [1.807, 2.05) is 6.92 Å². The van der Waals surface area contributed by atoms with Gasteiger partial charge in [-0.05, 0) is 42.9 Å². The van der Waals surface area contributed by atoms with Crippen LogP contribution in [0.4, 0.5) is 0 Å². The molecule has 152 valence electrons. The molecule has 0 spiro atoms. The van der Waals surface area contributed by atoms with Crippen molar-refractivity contribution < 1.29 is 24.2 Å². The van der Waals surface area contributed by atoms with E-state index in [2.05, 4.69) is 5.32 Å². The Balaban J connectivity index is 1.85. The molecule has 1 atom stereocenters. The van der Waals surface area contributed by atoms with E-state index in [9.17, 15) is 14.7 Å². The predicted molar refractivity (Wildman–Crippen MR) is 105 cm³/mol. The lowest BCUT2D eigenvalue weighted by Crippen LogP contribution is -2.35. The number of hydrogen-bond donors (Lipinski definition) is 2. The number of ether oxygens (including phenoxy) is 2. The predicted octanol–water partition coefficient (Wildman–Crippen LogP) is 3.79. The lowest BCUT2D eigenvalue weighted by molar-refractivity contribution is -0.141. The number of carbonyl (C=O) groups excluding carboxylic acids is 2. The van der Waals surface area contributed by atoms with Crippen molar-refractivity contribution in [1.29, 1.82) is 0 Å². The largest absolute Gasteiger partial charge is 0.504 e. The Morgan fingerprint density at radius 1 is 1.25 bits per heavy atom. The number of esters is 1. The minimum absolute atomic E-state index is 0.0149. The van der Waals surface area contributed by atoms with Crippen molar-refractivity contribution in [2.75, 3.05) is 13.7 Å². The molecule has 1 unspecified atom stereocenters. The van der Waals surface area contributed by atoms with E-state index in [1.54, 1.807) is 18.2 Å². The fourth-order valence-electron chi connectivity index (χ4n) is 4.16. The van der Waals surface area contributed by atoms with Crippen molar-refractivity contribution in [2.45, 2.75) is 57.8 Å². The first-order valence-corrected chi connectivity index (χ1v) is 10.1. The Kier molecular flexibility index (Phi) is 6.60. The highest BCUT2D eigenvalue weighted by Gasteiger charge is 2.34. The van der Waals surface area contributed by atoms with Gasteiger partial charge in [-0.1, -0.05) is 32.3 Å². The summed E-state index contributed by atoms with van der Waals surface area (Å²) >= 11 is 0. The smallest absolute Gasteiger partial charge is 0.336 e. The van der Waals surface area contributed by atoms with Gasteiger partial charge >= 0.3 is 5.97 Å². The first kappa shape index (κ1) is 20.2. The summed E-state index contributed by atoms with van der Waals surface area (Å²) in [6.07, 6.45) is 6.49. The van der Waals surface area contributed by atoms with Gasteiger partial charge in [-0.25, -0.2) is 4.79 Å². The Morgan fingerprint density at radius 2 is 2.00 bits per heavy atom. The summed E-state index contributed by atoms with van der Waals surface area (Å²) in [4.78, 5) is 25.2. The molecule has 0 saturated heterocycles. The third-order valence-electron chi connectivity index (χ3n) is 5.71. The van der Waals surface area contributed by atoms with Crippen LogP contribution in [0.15, 0.2) is 29.5 Å². The monoisotopic (exact) mass is 387 g/mol. The van der Waals surface area contributed by atoms with Gasteiger partial charge in [-0.15, -0.1) is 0 Å². The molecular formula is C22H29NO5. The van der Waals surface area contributed by atoms with Gasteiger partial charge in [0.1, 0.15) is 0 Å². The van der Waals surface area contributed by atoms with Crippen molar-refractivity contribution in [3.63, 3.8) is 0 Å². The zero-order valence-electron chi connectivity index (χ0n) is 16.6. The summed E-state index contributed by atoms with van der Waals surface area (Å²) in [7, 11) is 1.48. The zero-order chi connectivity index (χ0) is 20.1. The highest BCUT2D eigenvalue weighted by atomic mass is 16.5. The minimum atomic E-state index is -0.445. The average Bonchev–Trinajstić information content (AvgIpc) is 2.72. The molecule has 1 saturated carbocycles. The number of phenols is 1. The molecule has 2 N–H and O–H groups in total. The lowest BCUT2D eigenvalue weighted by atomic mass is 9.83. The van der Waals surface area contributed by atoms with Crippen LogP contribution in [-0.4, -0.2) is 30.7 Å². The number of methoxy groups -OCH3 is 1. The van der Waals surface area contributed by atoms with Gasteiger partial charge in [-0.3, -0.25) is 4.79 Å². The van der Waals surface area contributed by atoms with Crippen molar-refractivity contribution in [3.05, 3.63) is 35.0 Å². The summed E-state index contributed by atoms with van der Waals surface area (Å²) in [5, 5.41) is 13.0. The van der Waals surface area contributed by atoms with E-state index in [0.717, 1.165) is 12.8 Å². The Bertz CT molecular complexity index is 764. The van der Waals surface area contributed by atoms with Crippen molar-refractivity contribution >= 4 is 11.9 Å². The van der Waals surface area contributed by atoms with Gasteiger partial charge in [0.05, 0.1) is 19.3 Å². The highest BCUT2D eigenvalue weighted by Crippen LogP contribution is 2.38. The Hall–Kier alpha value is -2.50. The molecule has 6 heteroatoms. The summed E-state index contributed by atoms with van der Waals surface area (Å²) < 4.78 is 10.8. The van der Waals surface area contributed by atoms with Crippen LogP contribution in [0.3, 0.4) is 0 Å². The van der Waals surface area contributed by atoms with Crippen LogP contribution < -0.4 is 10.1 Å². The molecule has 1 aromatic carbocycles. The zero-order valence-corrected chi connectivity index (χ0v) is 16.6. The second-order valence-electron chi connectivity index (χ2n) is 7.58. The maximum atomic E-state index is 13.0. The number of allylic oxidation sites excluding steroid dienone is 1. The number of amides is 1. The van der Waals surface area contributed by atoms with E-state index < -0.39 is 5.92 Å². The van der Waals surface area contributed by atoms with Crippen LogP contribution in [-0.2, 0) is 14.3 Å².